The highest BCUT2D eigenvalue weighted by molar-refractivity contribution is 5.73. The van der Waals surface area contributed by atoms with Crippen LogP contribution >= 0.6 is 0 Å². The first-order valence-electron chi connectivity index (χ1n) is 10.4. The molecule has 2 amide bonds. The van der Waals surface area contributed by atoms with Gasteiger partial charge in [-0.3, -0.25) is 4.90 Å². The van der Waals surface area contributed by atoms with Gasteiger partial charge in [-0.05, 0) is 29.2 Å². The number of benzene rings is 2. The molecule has 154 valence electrons. The van der Waals surface area contributed by atoms with Crippen LogP contribution < -0.4 is 15.5 Å². The molecule has 0 bridgehead atoms. The quantitative estimate of drug-likeness (QED) is 0.791. The molecule has 1 atom stereocenters. The summed E-state index contributed by atoms with van der Waals surface area (Å²) in [5, 5.41) is 6.04. The van der Waals surface area contributed by atoms with Gasteiger partial charge in [-0.15, -0.1) is 0 Å². The number of nitrogens with zero attached hydrogens (tertiary/aromatic N) is 2. The third-order valence-corrected chi connectivity index (χ3v) is 5.85. The van der Waals surface area contributed by atoms with E-state index in [9.17, 15) is 4.79 Å². The maximum Gasteiger partial charge on any atom is 0.315 e. The molecule has 2 aliphatic heterocycles. The summed E-state index contributed by atoms with van der Waals surface area (Å²) in [5.41, 5.74) is 5.08. The van der Waals surface area contributed by atoms with E-state index in [1.54, 1.807) is 0 Å². The fourth-order valence-electron chi connectivity index (χ4n) is 4.17. The maximum atomic E-state index is 12.4. The lowest BCUT2D eigenvalue weighted by molar-refractivity contribution is 0.0167. The van der Waals surface area contributed by atoms with E-state index in [1.165, 1.54) is 16.8 Å². The van der Waals surface area contributed by atoms with Crippen LogP contribution in [-0.2, 0) is 17.7 Å². The second kappa shape index (κ2) is 9.29. The van der Waals surface area contributed by atoms with Crippen LogP contribution in [0.2, 0.25) is 0 Å². The Hall–Kier alpha value is -2.57. The van der Waals surface area contributed by atoms with Crippen LogP contribution in [0.3, 0.4) is 0 Å². The van der Waals surface area contributed by atoms with Crippen molar-refractivity contribution in [2.75, 3.05) is 51.3 Å². The van der Waals surface area contributed by atoms with Gasteiger partial charge in [-0.25, -0.2) is 4.79 Å². The minimum absolute atomic E-state index is 0.131. The Bertz CT molecular complexity index is 821. The number of anilines is 1. The van der Waals surface area contributed by atoms with Gasteiger partial charge in [0.15, 0.2) is 0 Å². The molecule has 0 spiro atoms. The van der Waals surface area contributed by atoms with Gasteiger partial charge in [0, 0.05) is 45.5 Å². The monoisotopic (exact) mass is 394 g/mol. The van der Waals surface area contributed by atoms with E-state index < -0.39 is 0 Å². The molecule has 0 radical (unpaired) electrons. The van der Waals surface area contributed by atoms with E-state index >= 15 is 0 Å². The number of nitrogens with one attached hydrogen (secondary N) is 2. The number of hydrogen-bond acceptors (Lipinski definition) is 4. The van der Waals surface area contributed by atoms with Gasteiger partial charge in [0.1, 0.15) is 0 Å². The molecule has 6 heteroatoms. The number of ether oxygens (including phenoxy) is 1. The fourth-order valence-corrected chi connectivity index (χ4v) is 4.17. The fraction of sp³-hybridized carbons (Fsp3) is 0.435. The number of urea groups is 1. The standard InChI is InChI=1S/C23H30N4O2/c1-26-10-9-20-15-19(7-8-21(20)26)22(27-11-13-29-14-12-27)17-25-23(28)24-16-18-5-3-2-4-6-18/h2-8,15,22H,9-14,16-17H2,1H3,(H2,24,25,28)/t22-/m0/s1. The van der Waals surface area contributed by atoms with E-state index in [0.29, 0.717) is 13.1 Å². The second-order valence-corrected chi connectivity index (χ2v) is 7.77. The number of hydrogen-bond donors (Lipinski definition) is 2. The Kier molecular flexibility index (Phi) is 6.32. The third kappa shape index (κ3) is 4.89. The Labute approximate surface area is 172 Å². The van der Waals surface area contributed by atoms with Crippen molar-refractivity contribution in [2.24, 2.45) is 0 Å². The van der Waals surface area contributed by atoms with Crippen LogP contribution in [0.15, 0.2) is 48.5 Å². The SMILES string of the molecule is CN1CCc2cc([C@H](CNC(=O)NCc3ccccc3)N3CCOCC3)ccc21. The summed E-state index contributed by atoms with van der Waals surface area (Å²) >= 11 is 0. The van der Waals surface area contributed by atoms with Crippen LogP contribution in [0.25, 0.3) is 0 Å². The molecule has 2 aromatic carbocycles. The topological polar surface area (TPSA) is 56.8 Å². The predicted molar refractivity (Wildman–Crippen MR) is 115 cm³/mol. The van der Waals surface area contributed by atoms with Gasteiger partial charge in [0.25, 0.3) is 0 Å². The highest BCUT2D eigenvalue weighted by Gasteiger charge is 2.25. The summed E-state index contributed by atoms with van der Waals surface area (Å²) in [7, 11) is 2.14. The van der Waals surface area contributed by atoms with Crippen molar-refractivity contribution in [1.29, 1.82) is 0 Å². The molecule has 0 unspecified atom stereocenters. The zero-order valence-corrected chi connectivity index (χ0v) is 17.1. The second-order valence-electron chi connectivity index (χ2n) is 7.77. The van der Waals surface area contributed by atoms with Crippen LogP contribution in [0.1, 0.15) is 22.7 Å². The molecule has 0 aliphatic carbocycles. The third-order valence-electron chi connectivity index (χ3n) is 5.85. The summed E-state index contributed by atoms with van der Waals surface area (Å²) in [6.45, 7) is 5.43. The van der Waals surface area contributed by atoms with Gasteiger partial charge in [0.2, 0.25) is 0 Å². The van der Waals surface area contributed by atoms with Crippen molar-refractivity contribution in [1.82, 2.24) is 15.5 Å². The van der Waals surface area contributed by atoms with Crippen LogP contribution in [0.5, 0.6) is 0 Å². The number of morpholine rings is 1. The number of rotatable bonds is 6. The van der Waals surface area contributed by atoms with E-state index in [4.69, 9.17) is 4.74 Å². The van der Waals surface area contributed by atoms with Crippen LogP contribution in [-0.4, -0.2) is 57.4 Å². The number of amides is 2. The van der Waals surface area contributed by atoms with E-state index in [1.807, 2.05) is 30.3 Å². The Morgan fingerprint density at radius 2 is 1.86 bits per heavy atom. The molecule has 0 aromatic heterocycles. The first kappa shape index (κ1) is 19.7. The van der Waals surface area contributed by atoms with Crippen LogP contribution in [0.4, 0.5) is 10.5 Å². The van der Waals surface area contributed by atoms with Gasteiger partial charge in [-0.1, -0.05) is 42.5 Å². The zero-order chi connectivity index (χ0) is 20.1. The van der Waals surface area contributed by atoms with Gasteiger partial charge < -0.3 is 20.3 Å². The van der Waals surface area contributed by atoms with Crippen molar-refractivity contribution >= 4 is 11.7 Å². The molecular weight excluding hydrogens is 364 g/mol. The van der Waals surface area contributed by atoms with Crippen molar-refractivity contribution < 1.29 is 9.53 Å². The van der Waals surface area contributed by atoms with E-state index in [2.05, 4.69) is 45.7 Å². The minimum Gasteiger partial charge on any atom is -0.379 e. The lowest BCUT2D eigenvalue weighted by atomic mass is 10.0. The van der Waals surface area contributed by atoms with Crippen LogP contribution in [0, 0.1) is 0 Å². The van der Waals surface area contributed by atoms with Crippen molar-refractivity contribution in [3.8, 4) is 0 Å². The smallest absolute Gasteiger partial charge is 0.315 e. The molecule has 2 aliphatic rings. The number of carbonyl (C=O) groups is 1. The normalized spacial score (nSPS) is 17.6. The van der Waals surface area contributed by atoms with E-state index in [0.717, 1.165) is 44.8 Å². The summed E-state index contributed by atoms with van der Waals surface area (Å²) in [6, 6.07) is 16.7. The zero-order valence-electron chi connectivity index (χ0n) is 17.1. The van der Waals surface area contributed by atoms with Gasteiger partial charge >= 0.3 is 6.03 Å². The van der Waals surface area contributed by atoms with Crippen molar-refractivity contribution in [2.45, 2.75) is 19.0 Å². The molecule has 2 heterocycles. The molecule has 29 heavy (non-hydrogen) atoms. The van der Waals surface area contributed by atoms with Gasteiger partial charge in [0.05, 0.1) is 19.3 Å². The largest absolute Gasteiger partial charge is 0.379 e. The maximum absolute atomic E-state index is 12.4. The van der Waals surface area contributed by atoms with Crippen molar-refractivity contribution in [3.63, 3.8) is 0 Å². The highest BCUT2D eigenvalue weighted by Crippen LogP contribution is 2.31. The average molecular weight is 395 g/mol. The lowest BCUT2D eigenvalue weighted by Crippen LogP contribution is -2.45. The Balaban J connectivity index is 1.41. The molecule has 1 saturated heterocycles. The summed E-state index contributed by atoms with van der Waals surface area (Å²) in [6.07, 6.45) is 1.08. The first-order valence-corrected chi connectivity index (χ1v) is 10.4. The molecular formula is C23H30N4O2. The average Bonchev–Trinajstić information content (AvgIpc) is 3.14. The van der Waals surface area contributed by atoms with E-state index in [-0.39, 0.29) is 12.1 Å². The Morgan fingerprint density at radius 1 is 1.07 bits per heavy atom. The number of likely N-dealkylation sites (N-methyl/N-ethyl adjacent to an activating group) is 1. The number of carbonyl (C=O) groups excluding carboxylic acids is 1. The summed E-state index contributed by atoms with van der Waals surface area (Å²) in [5.74, 6) is 0. The molecule has 2 aromatic rings. The summed E-state index contributed by atoms with van der Waals surface area (Å²) < 4.78 is 5.54. The predicted octanol–water partition coefficient (Wildman–Crippen LogP) is 2.55. The molecule has 2 N–H and O–H groups in total. The minimum atomic E-state index is -0.131. The number of fused-ring (bicyclic) bond motifs is 1. The molecule has 1 fully saturated rings. The molecule has 0 saturated carbocycles. The Morgan fingerprint density at radius 3 is 2.66 bits per heavy atom. The van der Waals surface area contributed by atoms with Crippen molar-refractivity contribution in [3.05, 3.63) is 65.2 Å². The molecule has 6 nitrogen and oxygen atoms in total. The highest BCUT2D eigenvalue weighted by atomic mass is 16.5. The first-order chi connectivity index (χ1) is 14.2. The van der Waals surface area contributed by atoms with Gasteiger partial charge in [-0.2, -0.15) is 0 Å². The summed E-state index contributed by atoms with van der Waals surface area (Å²) in [4.78, 5) is 17.1. The molecule has 4 rings (SSSR count). The lowest BCUT2D eigenvalue weighted by Gasteiger charge is -2.35.